The molecule has 0 spiro atoms. The third-order valence-corrected chi connectivity index (χ3v) is 6.72. The highest BCUT2D eigenvalue weighted by Gasteiger charge is 2.33. The molecule has 3 aromatic rings. The summed E-state index contributed by atoms with van der Waals surface area (Å²) in [5.74, 6) is -0.615. The van der Waals surface area contributed by atoms with E-state index in [1.807, 2.05) is 19.9 Å². The predicted molar refractivity (Wildman–Crippen MR) is 128 cm³/mol. The van der Waals surface area contributed by atoms with Gasteiger partial charge in [0, 0.05) is 11.3 Å². The Balaban J connectivity index is 1.78. The largest absolute Gasteiger partial charge is 0.417 e. The number of benzene rings is 3. The first-order valence-corrected chi connectivity index (χ1v) is 12.3. The van der Waals surface area contributed by atoms with Crippen LogP contribution in [0.4, 0.5) is 24.5 Å². The number of alkyl halides is 3. The van der Waals surface area contributed by atoms with Crippen LogP contribution >= 0.6 is 11.6 Å². The lowest BCUT2D eigenvalue weighted by molar-refractivity contribution is -0.137. The van der Waals surface area contributed by atoms with E-state index in [0.29, 0.717) is 11.3 Å². The highest BCUT2D eigenvalue weighted by Crippen LogP contribution is 2.36. The Morgan fingerprint density at radius 3 is 2.18 bits per heavy atom. The standard InChI is InChI=1S/C24H22ClF3N2O3S/c1-15-4-10-20(12-16(15)2)30(34(3,32)33)14-17-5-7-18(8-6-17)23(31)29-19-9-11-22(25)21(13-19)24(26,27)28/h4-13H,14H2,1-3H3,(H,29,31). The second kappa shape index (κ2) is 9.68. The molecular formula is C24H22ClF3N2O3S. The molecule has 5 nitrogen and oxygen atoms in total. The first-order valence-electron chi connectivity index (χ1n) is 10.1. The van der Waals surface area contributed by atoms with Crippen molar-refractivity contribution in [2.24, 2.45) is 0 Å². The maximum absolute atomic E-state index is 13.0. The predicted octanol–water partition coefficient (Wildman–Crippen LogP) is 6.19. The van der Waals surface area contributed by atoms with Crippen LogP contribution in [-0.2, 0) is 22.7 Å². The molecule has 3 rings (SSSR count). The van der Waals surface area contributed by atoms with Crippen LogP contribution in [0.3, 0.4) is 0 Å². The summed E-state index contributed by atoms with van der Waals surface area (Å²) in [6.07, 6.45) is -3.54. The molecule has 1 amide bonds. The lowest BCUT2D eigenvalue weighted by atomic mass is 10.1. The van der Waals surface area contributed by atoms with Crippen LogP contribution in [0.15, 0.2) is 60.7 Å². The molecule has 0 aliphatic rings. The van der Waals surface area contributed by atoms with Crippen LogP contribution in [0, 0.1) is 13.8 Å². The van der Waals surface area contributed by atoms with Gasteiger partial charge in [0.1, 0.15) is 0 Å². The molecule has 0 aliphatic carbocycles. The van der Waals surface area contributed by atoms with Crippen molar-refractivity contribution in [3.8, 4) is 0 Å². The van der Waals surface area contributed by atoms with E-state index in [4.69, 9.17) is 11.6 Å². The number of rotatable bonds is 6. The van der Waals surface area contributed by atoms with Crippen molar-refractivity contribution in [1.29, 1.82) is 0 Å². The summed E-state index contributed by atoms with van der Waals surface area (Å²) in [7, 11) is -3.58. The van der Waals surface area contributed by atoms with Crippen molar-refractivity contribution in [3.05, 3.63) is 93.5 Å². The van der Waals surface area contributed by atoms with E-state index in [1.165, 1.54) is 22.5 Å². The average molecular weight is 511 g/mol. The SMILES string of the molecule is Cc1ccc(N(Cc2ccc(C(=O)Nc3ccc(Cl)c(C(F)(F)F)c3)cc2)S(C)(=O)=O)cc1C. The zero-order valence-electron chi connectivity index (χ0n) is 18.6. The van der Waals surface area contributed by atoms with Crippen LogP contribution in [-0.4, -0.2) is 20.6 Å². The Bertz CT molecular complexity index is 1320. The van der Waals surface area contributed by atoms with Gasteiger partial charge in [-0.25, -0.2) is 8.42 Å². The van der Waals surface area contributed by atoms with Gasteiger partial charge in [-0.05, 0) is 73.0 Å². The fourth-order valence-electron chi connectivity index (χ4n) is 3.23. The fraction of sp³-hybridized carbons (Fsp3) is 0.208. The summed E-state index contributed by atoms with van der Waals surface area (Å²) < 4.78 is 65.2. The number of sulfonamides is 1. The normalized spacial score (nSPS) is 11.9. The van der Waals surface area contributed by atoms with Crippen molar-refractivity contribution in [2.75, 3.05) is 15.9 Å². The molecule has 0 aliphatic heterocycles. The third-order valence-electron chi connectivity index (χ3n) is 5.25. The fourth-order valence-corrected chi connectivity index (χ4v) is 4.34. The van der Waals surface area contributed by atoms with Crippen molar-refractivity contribution >= 4 is 38.9 Å². The van der Waals surface area contributed by atoms with E-state index in [9.17, 15) is 26.4 Å². The quantitative estimate of drug-likeness (QED) is 0.429. The van der Waals surface area contributed by atoms with Gasteiger partial charge in [-0.15, -0.1) is 0 Å². The van der Waals surface area contributed by atoms with Crippen LogP contribution < -0.4 is 9.62 Å². The number of nitrogens with zero attached hydrogens (tertiary/aromatic N) is 1. The Morgan fingerprint density at radius 1 is 0.971 bits per heavy atom. The van der Waals surface area contributed by atoms with Gasteiger partial charge in [-0.2, -0.15) is 13.2 Å². The van der Waals surface area contributed by atoms with Gasteiger partial charge in [0.2, 0.25) is 10.0 Å². The second-order valence-electron chi connectivity index (χ2n) is 7.88. The number of hydrogen-bond donors (Lipinski definition) is 1. The number of hydrogen-bond acceptors (Lipinski definition) is 3. The molecule has 10 heteroatoms. The molecule has 0 saturated heterocycles. The molecule has 0 radical (unpaired) electrons. The number of nitrogens with one attached hydrogen (secondary N) is 1. The summed E-state index contributed by atoms with van der Waals surface area (Å²) in [4.78, 5) is 12.5. The van der Waals surface area contributed by atoms with Gasteiger partial charge >= 0.3 is 6.18 Å². The van der Waals surface area contributed by atoms with Crippen molar-refractivity contribution in [3.63, 3.8) is 0 Å². The van der Waals surface area contributed by atoms with Crippen molar-refractivity contribution in [2.45, 2.75) is 26.6 Å². The molecule has 1 N–H and O–H groups in total. The van der Waals surface area contributed by atoms with E-state index >= 15 is 0 Å². The highest BCUT2D eigenvalue weighted by atomic mass is 35.5. The molecule has 0 aromatic heterocycles. The minimum absolute atomic E-state index is 0.0510. The van der Waals surface area contributed by atoms with Crippen molar-refractivity contribution < 1.29 is 26.4 Å². The van der Waals surface area contributed by atoms with Crippen LogP contribution in [0.25, 0.3) is 0 Å². The first kappa shape index (κ1) is 25.6. The molecule has 0 saturated carbocycles. The Morgan fingerprint density at radius 2 is 1.62 bits per heavy atom. The van der Waals surface area contributed by atoms with Gasteiger partial charge in [0.25, 0.3) is 5.91 Å². The molecule has 0 bridgehead atoms. The Labute approximate surface area is 201 Å². The van der Waals surface area contributed by atoms with E-state index < -0.39 is 32.7 Å². The van der Waals surface area contributed by atoms with Gasteiger partial charge < -0.3 is 5.32 Å². The average Bonchev–Trinajstić information content (AvgIpc) is 2.74. The third kappa shape index (κ3) is 6.09. The zero-order valence-corrected chi connectivity index (χ0v) is 20.1. The number of halogens is 4. The minimum Gasteiger partial charge on any atom is -0.322 e. The van der Waals surface area contributed by atoms with E-state index in [0.717, 1.165) is 29.5 Å². The Kier molecular flexibility index (Phi) is 7.28. The van der Waals surface area contributed by atoms with E-state index in [1.54, 1.807) is 24.3 Å². The summed E-state index contributed by atoms with van der Waals surface area (Å²) in [5.41, 5.74) is 2.24. The number of anilines is 2. The Hall–Kier alpha value is -3.04. The molecule has 0 unspecified atom stereocenters. The lowest BCUT2D eigenvalue weighted by Gasteiger charge is -2.23. The maximum Gasteiger partial charge on any atom is 0.417 e. The summed E-state index contributed by atoms with van der Waals surface area (Å²) in [6.45, 7) is 3.88. The number of carbonyl (C=O) groups excluding carboxylic acids is 1. The molecular weight excluding hydrogens is 489 g/mol. The van der Waals surface area contributed by atoms with Crippen LogP contribution in [0.1, 0.15) is 32.6 Å². The van der Waals surface area contributed by atoms with Gasteiger partial charge in [0.15, 0.2) is 0 Å². The van der Waals surface area contributed by atoms with Crippen molar-refractivity contribution in [1.82, 2.24) is 0 Å². The molecule has 3 aromatic carbocycles. The molecule has 0 atom stereocenters. The maximum atomic E-state index is 13.0. The monoisotopic (exact) mass is 510 g/mol. The van der Waals surface area contributed by atoms with E-state index in [-0.39, 0.29) is 17.8 Å². The molecule has 0 heterocycles. The summed E-state index contributed by atoms with van der Waals surface area (Å²) >= 11 is 5.61. The van der Waals surface area contributed by atoms with Gasteiger partial charge in [-0.3, -0.25) is 9.10 Å². The van der Waals surface area contributed by atoms with Crippen LogP contribution in [0.2, 0.25) is 5.02 Å². The number of carbonyl (C=O) groups is 1. The van der Waals surface area contributed by atoms with E-state index in [2.05, 4.69) is 5.32 Å². The highest BCUT2D eigenvalue weighted by molar-refractivity contribution is 7.92. The van der Waals surface area contributed by atoms with Gasteiger partial charge in [-0.1, -0.05) is 29.8 Å². The van der Waals surface area contributed by atoms with Crippen LogP contribution in [0.5, 0.6) is 0 Å². The smallest absolute Gasteiger partial charge is 0.322 e. The topological polar surface area (TPSA) is 66.5 Å². The number of aryl methyl sites for hydroxylation is 2. The summed E-state index contributed by atoms with van der Waals surface area (Å²) in [5, 5.41) is 1.95. The van der Waals surface area contributed by atoms with Gasteiger partial charge in [0.05, 0.1) is 29.1 Å². The second-order valence-corrected chi connectivity index (χ2v) is 10.2. The zero-order chi connectivity index (χ0) is 25.3. The minimum atomic E-state index is -4.65. The molecule has 180 valence electrons. The molecule has 34 heavy (non-hydrogen) atoms. The summed E-state index contributed by atoms with van der Waals surface area (Å²) in [6, 6.07) is 14.6. The number of amides is 1. The molecule has 0 fully saturated rings. The lowest BCUT2D eigenvalue weighted by Crippen LogP contribution is -2.29. The first-order chi connectivity index (χ1) is 15.8.